The molecule has 2 aromatic carbocycles. The van der Waals surface area contributed by atoms with E-state index in [9.17, 15) is 0 Å². The van der Waals surface area contributed by atoms with Gasteiger partial charge in [-0.1, -0.05) is 41.5 Å². The van der Waals surface area contributed by atoms with E-state index in [0.717, 1.165) is 39.6 Å². The van der Waals surface area contributed by atoms with E-state index in [1.807, 2.05) is 24.3 Å². The van der Waals surface area contributed by atoms with Gasteiger partial charge < -0.3 is 15.2 Å². The Morgan fingerprint density at radius 1 is 0.760 bits per heavy atom. The van der Waals surface area contributed by atoms with Gasteiger partial charge in [-0.2, -0.15) is 0 Å². The van der Waals surface area contributed by atoms with Crippen LogP contribution in [0.2, 0.25) is 0 Å². The topological polar surface area (TPSA) is 44.5 Å². The summed E-state index contributed by atoms with van der Waals surface area (Å²) in [5.41, 5.74) is 10.4. The van der Waals surface area contributed by atoms with Crippen molar-refractivity contribution < 1.29 is 9.47 Å². The van der Waals surface area contributed by atoms with E-state index in [1.54, 1.807) is 7.11 Å². The number of ether oxygens (including phenoxy) is 2. The van der Waals surface area contributed by atoms with Crippen LogP contribution in [-0.2, 0) is 0 Å². The second-order valence-electron chi connectivity index (χ2n) is 7.50. The molecule has 2 rings (SSSR count). The lowest BCUT2D eigenvalue weighted by atomic mass is 9.93. The maximum atomic E-state index is 6.40. The molecule has 0 saturated heterocycles. The third-order valence-electron chi connectivity index (χ3n) is 4.46. The van der Waals surface area contributed by atoms with Crippen LogP contribution >= 0.6 is 0 Å². The molecule has 0 heterocycles. The maximum Gasteiger partial charge on any atom is 0.134 e. The fourth-order valence-electron chi connectivity index (χ4n) is 3.02. The van der Waals surface area contributed by atoms with Gasteiger partial charge in [0.2, 0.25) is 0 Å². The Bertz CT molecular complexity index is 704. The minimum Gasteiger partial charge on any atom is -0.496 e. The van der Waals surface area contributed by atoms with Crippen molar-refractivity contribution in [3.05, 3.63) is 47.0 Å². The van der Waals surface area contributed by atoms with Crippen LogP contribution in [0.4, 0.5) is 5.69 Å². The van der Waals surface area contributed by atoms with Crippen molar-refractivity contribution in [1.82, 2.24) is 0 Å². The third kappa shape index (κ3) is 4.28. The minimum atomic E-state index is 0.332. The van der Waals surface area contributed by atoms with E-state index in [-0.39, 0.29) is 0 Å². The predicted octanol–water partition coefficient (Wildman–Crippen LogP) is 6.44. The molecule has 0 atom stereocenters. The summed E-state index contributed by atoms with van der Waals surface area (Å²) in [5.74, 6) is 3.68. The third-order valence-corrected chi connectivity index (χ3v) is 4.46. The van der Waals surface area contributed by atoms with Gasteiger partial charge in [0.25, 0.3) is 0 Å². The Morgan fingerprint density at radius 3 is 1.72 bits per heavy atom. The van der Waals surface area contributed by atoms with E-state index < -0.39 is 0 Å². The molecule has 0 fully saturated rings. The monoisotopic (exact) mass is 341 g/mol. The number of hydrogen-bond donors (Lipinski definition) is 1. The molecule has 0 saturated carbocycles. The van der Waals surface area contributed by atoms with Crippen molar-refractivity contribution in [2.75, 3.05) is 12.8 Å². The molecule has 3 nitrogen and oxygen atoms in total. The number of nitrogen functional groups attached to an aromatic ring is 1. The fourth-order valence-corrected chi connectivity index (χ4v) is 3.02. The van der Waals surface area contributed by atoms with Crippen molar-refractivity contribution in [2.24, 2.45) is 0 Å². The molecule has 0 aromatic heterocycles. The van der Waals surface area contributed by atoms with Crippen LogP contribution in [0, 0.1) is 0 Å². The van der Waals surface area contributed by atoms with E-state index >= 15 is 0 Å². The molecule has 2 aromatic rings. The Morgan fingerprint density at radius 2 is 1.28 bits per heavy atom. The Hall–Kier alpha value is -2.16. The quantitative estimate of drug-likeness (QED) is 0.615. The molecule has 0 bridgehead atoms. The lowest BCUT2D eigenvalue weighted by Gasteiger charge is -2.21. The number of methoxy groups -OCH3 is 1. The van der Waals surface area contributed by atoms with E-state index in [0.29, 0.717) is 17.8 Å². The van der Waals surface area contributed by atoms with E-state index in [4.69, 9.17) is 15.2 Å². The van der Waals surface area contributed by atoms with Gasteiger partial charge in [-0.15, -0.1) is 0 Å². The normalized spacial score (nSPS) is 11.4. The molecule has 0 unspecified atom stereocenters. The first kappa shape index (κ1) is 19.2. The molecule has 2 N–H and O–H groups in total. The number of anilines is 1. The van der Waals surface area contributed by atoms with Gasteiger partial charge in [0.05, 0.1) is 7.11 Å². The highest BCUT2D eigenvalue weighted by molar-refractivity contribution is 5.57. The van der Waals surface area contributed by atoms with Crippen molar-refractivity contribution in [3.63, 3.8) is 0 Å². The molecular formula is C22H31NO2. The van der Waals surface area contributed by atoms with Gasteiger partial charge >= 0.3 is 0 Å². The highest BCUT2D eigenvalue weighted by Gasteiger charge is 2.18. The zero-order valence-electron chi connectivity index (χ0n) is 16.5. The number of hydrogen-bond acceptors (Lipinski definition) is 3. The molecular weight excluding hydrogens is 310 g/mol. The Labute approximate surface area is 152 Å². The fraction of sp³-hybridized carbons (Fsp3) is 0.455. The smallest absolute Gasteiger partial charge is 0.134 e. The van der Waals surface area contributed by atoms with Crippen molar-refractivity contribution in [3.8, 4) is 17.2 Å². The second kappa shape index (κ2) is 7.81. The second-order valence-corrected chi connectivity index (χ2v) is 7.50. The van der Waals surface area contributed by atoms with Crippen molar-refractivity contribution in [1.29, 1.82) is 0 Å². The van der Waals surface area contributed by atoms with E-state index in [2.05, 4.69) is 47.6 Å². The first-order chi connectivity index (χ1) is 11.7. The molecule has 0 aliphatic carbocycles. The van der Waals surface area contributed by atoms with Crippen LogP contribution in [0.25, 0.3) is 0 Å². The largest absolute Gasteiger partial charge is 0.496 e. The molecule has 0 spiro atoms. The molecule has 25 heavy (non-hydrogen) atoms. The van der Waals surface area contributed by atoms with Crippen LogP contribution in [0.3, 0.4) is 0 Å². The standard InChI is InChI=1S/C22H31NO2/c1-13(2)18-12-17(8-9-21(18)24-7)25-22-19(14(3)4)10-16(23)11-20(22)15(5)6/h8-15H,23H2,1-7H3. The highest BCUT2D eigenvalue weighted by Crippen LogP contribution is 2.40. The van der Waals surface area contributed by atoms with Gasteiger partial charge in [0.1, 0.15) is 17.2 Å². The summed E-state index contributed by atoms with van der Waals surface area (Å²) in [6.07, 6.45) is 0. The Kier molecular flexibility index (Phi) is 5.99. The summed E-state index contributed by atoms with van der Waals surface area (Å²) in [6, 6.07) is 10.1. The van der Waals surface area contributed by atoms with Crippen LogP contribution in [0.5, 0.6) is 17.2 Å². The molecule has 0 amide bonds. The van der Waals surface area contributed by atoms with Crippen LogP contribution in [0.15, 0.2) is 30.3 Å². The molecule has 0 radical (unpaired) electrons. The van der Waals surface area contributed by atoms with Gasteiger partial charge in [-0.3, -0.25) is 0 Å². The molecule has 136 valence electrons. The molecule has 3 heteroatoms. The summed E-state index contributed by atoms with van der Waals surface area (Å²) in [6.45, 7) is 13.0. The molecule has 0 aliphatic rings. The van der Waals surface area contributed by atoms with Crippen LogP contribution in [-0.4, -0.2) is 7.11 Å². The summed E-state index contributed by atoms with van der Waals surface area (Å²) in [7, 11) is 1.70. The van der Waals surface area contributed by atoms with Crippen LogP contribution < -0.4 is 15.2 Å². The summed E-state index contributed by atoms with van der Waals surface area (Å²) in [4.78, 5) is 0. The minimum absolute atomic E-state index is 0.332. The summed E-state index contributed by atoms with van der Waals surface area (Å²) < 4.78 is 11.9. The van der Waals surface area contributed by atoms with Crippen molar-refractivity contribution >= 4 is 5.69 Å². The van der Waals surface area contributed by atoms with E-state index in [1.165, 1.54) is 0 Å². The maximum absolute atomic E-state index is 6.40. The predicted molar refractivity (Wildman–Crippen MR) is 106 cm³/mol. The van der Waals surface area contributed by atoms with Crippen LogP contribution in [0.1, 0.15) is 76.0 Å². The highest BCUT2D eigenvalue weighted by atomic mass is 16.5. The van der Waals surface area contributed by atoms with Gasteiger partial charge in [0.15, 0.2) is 0 Å². The summed E-state index contributed by atoms with van der Waals surface area (Å²) >= 11 is 0. The van der Waals surface area contributed by atoms with Gasteiger partial charge in [0, 0.05) is 11.3 Å². The molecule has 0 aliphatic heterocycles. The number of benzene rings is 2. The van der Waals surface area contributed by atoms with Gasteiger partial charge in [-0.05, 0) is 59.2 Å². The zero-order valence-corrected chi connectivity index (χ0v) is 16.5. The SMILES string of the molecule is COc1ccc(Oc2c(C(C)C)cc(N)cc2C(C)C)cc1C(C)C. The summed E-state index contributed by atoms with van der Waals surface area (Å²) in [5, 5.41) is 0. The average Bonchev–Trinajstić information content (AvgIpc) is 2.55. The first-order valence-electron chi connectivity index (χ1n) is 9.03. The lowest BCUT2D eigenvalue weighted by Crippen LogP contribution is -2.03. The Balaban J connectivity index is 2.54. The zero-order chi connectivity index (χ0) is 18.7. The average molecular weight is 341 g/mol. The van der Waals surface area contributed by atoms with Crippen molar-refractivity contribution in [2.45, 2.75) is 59.3 Å². The number of rotatable bonds is 6. The number of nitrogens with two attached hydrogens (primary N) is 1. The first-order valence-corrected chi connectivity index (χ1v) is 9.03. The lowest BCUT2D eigenvalue weighted by molar-refractivity contribution is 0.404. The van der Waals surface area contributed by atoms with Gasteiger partial charge in [-0.25, -0.2) is 0 Å².